The fraction of sp³-hybridized carbons (Fsp3) is 0.438. The molecule has 0 radical (unpaired) electrons. The molecule has 0 fully saturated rings. The second-order valence-corrected chi connectivity index (χ2v) is 6.52. The average molecular weight is 352 g/mol. The predicted octanol–water partition coefficient (Wildman–Crippen LogP) is 2.02. The molecule has 1 aromatic heterocycles. The van der Waals surface area contributed by atoms with Crippen LogP contribution in [0.4, 0.5) is 4.39 Å². The van der Waals surface area contributed by atoms with Crippen molar-refractivity contribution in [3.05, 3.63) is 46.3 Å². The largest absolute Gasteiger partial charge is 0.347 e. The Morgan fingerprint density at radius 1 is 1.38 bits per heavy atom. The van der Waals surface area contributed by atoms with E-state index in [0.717, 1.165) is 11.4 Å². The predicted molar refractivity (Wildman–Crippen MR) is 88.0 cm³/mol. The standard InChI is InChI=1S/C16H19ClFN5O/c1-10-19-20-15-14(16(24)21(2)3)22(6-7-23(10)15)9-11-4-5-13(18)12(17)8-11/h4-5,8,14H,6-7,9H2,1-3H3. The summed E-state index contributed by atoms with van der Waals surface area (Å²) >= 11 is 5.87. The van der Waals surface area contributed by atoms with E-state index in [4.69, 9.17) is 11.6 Å². The highest BCUT2D eigenvalue weighted by Gasteiger charge is 2.37. The van der Waals surface area contributed by atoms with Crippen LogP contribution in [0.3, 0.4) is 0 Å². The summed E-state index contributed by atoms with van der Waals surface area (Å²) in [6, 6.07) is 4.11. The van der Waals surface area contributed by atoms with Crippen LogP contribution in [0.15, 0.2) is 18.2 Å². The van der Waals surface area contributed by atoms with Crippen molar-refractivity contribution < 1.29 is 9.18 Å². The lowest BCUT2D eigenvalue weighted by Crippen LogP contribution is -2.45. The van der Waals surface area contributed by atoms with Crippen LogP contribution in [0, 0.1) is 12.7 Å². The van der Waals surface area contributed by atoms with Gasteiger partial charge in [0.1, 0.15) is 11.6 Å². The first-order valence-corrected chi connectivity index (χ1v) is 8.05. The summed E-state index contributed by atoms with van der Waals surface area (Å²) in [6.45, 7) is 3.74. The molecule has 2 aromatic rings. The lowest BCUT2D eigenvalue weighted by Gasteiger charge is -2.36. The zero-order valence-electron chi connectivity index (χ0n) is 13.8. The topological polar surface area (TPSA) is 54.3 Å². The number of rotatable bonds is 3. The van der Waals surface area contributed by atoms with Crippen LogP contribution in [-0.2, 0) is 17.9 Å². The van der Waals surface area contributed by atoms with Crippen LogP contribution in [-0.4, -0.2) is 51.1 Å². The molecule has 1 aliphatic rings. The summed E-state index contributed by atoms with van der Waals surface area (Å²) in [5.74, 6) is 0.934. The second-order valence-electron chi connectivity index (χ2n) is 6.11. The van der Waals surface area contributed by atoms with E-state index in [0.29, 0.717) is 25.5 Å². The molecule has 8 heteroatoms. The number of likely N-dealkylation sites (N-methyl/N-ethyl adjacent to an activating group) is 1. The molecule has 0 aliphatic carbocycles. The summed E-state index contributed by atoms with van der Waals surface area (Å²) in [5.41, 5.74) is 0.850. The summed E-state index contributed by atoms with van der Waals surface area (Å²) < 4.78 is 15.3. The van der Waals surface area contributed by atoms with Crippen LogP contribution in [0.1, 0.15) is 23.3 Å². The molecule has 2 heterocycles. The Balaban J connectivity index is 1.93. The molecule has 24 heavy (non-hydrogen) atoms. The molecule has 6 nitrogen and oxygen atoms in total. The van der Waals surface area contributed by atoms with Crippen molar-refractivity contribution in [3.63, 3.8) is 0 Å². The maximum absolute atomic E-state index is 13.4. The lowest BCUT2D eigenvalue weighted by atomic mass is 10.1. The van der Waals surface area contributed by atoms with E-state index in [1.807, 2.05) is 16.4 Å². The number of benzene rings is 1. The van der Waals surface area contributed by atoms with Gasteiger partial charge in [0.25, 0.3) is 0 Å². The quantitative estimate of drug-likeness (QED) is 0.849. The van der Waals surface area contributed by atoms with Crippen molar-refractivity contribution >= 4 is 17.5 Å². The number of halogens is 2. The van der Waals surface area contributed by atoms with E-state index in [1.165, 1.54) is 6.07 Å². The number of fused-ring (bicyclic) bond motifs is 1. The summed E-state index contributed by atoms with van der Waals surface area (Å²) in [7, 11) is 3.44. The smallest absolute Gasteiger partial charge is 0.247 e. The molecule has 1 aromatic carbocycles. The van der Waals surface area contributed by atoms with Gasteiger partial charge in [-0.05, 0) is 24.6 Å². The summed E-state index contributed by atoms with van der Waals surface area (Å²) in [4.78, 5) is 16.3. The number of nitrogens with zero attached hydrogens (tertiary/aromatic N) is 5. The molecule has 0 N–H and O–H groups in total. The van der Waals surface area contributed by atoms with Gasteiger partial charge in [-0.3, -0.25) is 9.69 Å². The van der Waals surface area contributed by atoms with Crippen LogP contribution in [0.5, 0.6) is 0 Å². The van der Waals surface area contributed by atoms with Gasteiger partial charge in [-0.25, -0.2) is 4.39 Å². The fourth-order valence-electron chi connectivity index (χ4n) is 2.95. The van der Waals surface area contributed by atoms with Crippen LogP contribution >= 0.6 is 11.6 Å². The van der Waals surface area contributed by atoms with Crippen molar-refractivity contribution in [1.29, 1.82) is 0 Å². The molecule has 0 saturated heterocycles. The molecular weight excluding hydrogens is 333 g/mol. The highest BCUT2D eigenvalue weighted by molar-refractivity contribution is 6.30. The lowest BCUT2D eigenvalue weighted by molar-refractivity contribution is -0.136. The molecule has 0 saturated carbocycles. The van der Waals surface area contributed by atoms with Gasteiger partial charge >= 0.3 is 0 Å². The van der Waals surface area contributed by atoms with E-state index in [-0.39, 0.29) is 10.9 Å². The van der Waals surface area contributed by atoms with E-state index in [2.05, 4.69) is 10.2 Å². The van der Waals surface area contributed by atoms with Gasteiger partial charge < -0.3 is 9.47 Å². The Morgan fingerprint density at radius 3 is 2.79 bits per heavy atom. The minimum absolute atomic E-state index is 0.0587. The van der Waals surface area contributed by atoms with Crippen LogP contribution in [0.25, 0.3) is 0 Å². The van der Waals surface area contributed by atoms with Crippen molar-refractivity contribution in [2.45, 2.75) is 26.1 Å². The highest BCUT2D eigenvalue weighted by atomic mass is 35.5. The first-order valence-electron chi connectivity index (χ1n) is 7.67. The SMILES string of the molecule is Cc1nnc2n1CCN(Cc1ccc(F)c(Cl)c1)C2C(=O)N(C)C. The highest BCUT2D eigenvalue weighted by Crippen LogP contribution is 2.28. The third kappa shape index (κ3) is 3.01. The number of carbonyl (C=O) groups is 1. The van der Waals surface area contributed by atoms with Crippen molar-refractivity contribution in [1.82, 2.24) is 24.6 Å². The summed E-state index contributed by atoms with van der Waals surface area (Å²) in [5, 5.41) is 8.39. The van der Waals surface area contributed by atoms with Gasteiger partial charge in [-0.2, -0.15) is 0 Å². The first-order chi connectivity index (χ1) is 11.4. The molecule has 0 bridgehead atoms. The van der Waals surface area contributed by atoms with Crippen molar-refractivity contribution in [3.8, 4) is 0 Å². The molecule has 1 atom stereocenters. The minimum atomic E-state index is -0.515. The number of aryl methyl sites for hydroxylation is 1. The number of carbonyl (C=O) groups excluding carboxylic acids is 1. The van der Waals surface area contributed by atoms with E-state index < -0.39 is 11.9 Å². The monoisotopic (exact) mass is 351 g/mol. The number of amides is 1. The van der Waals surface area contributed by atoms with Gasteiger partial charge in [0.2, 0.25) is 5.91 Å². The average Bonchev–Trinajstić information content (AvgIpc) is 2.91. The van der Waals surface area contributed by atoms with Gasteiger partial charge in [-0.15, -0.1) is 10.2 Å². The van der Waals surface area contributed by atoms with E-state index in [1.54, 1.807) is 31.1 Å². The Labute approximate surface area is 144 Å². The molecule has 128 valence electrons. The normalized spacial score (nSPS) is 17.6. The third-order valence-corrected chi connectivity index (χ3v) is 4.52. The molecule has 1 aliphatic heterocycles. The van der Waals surface area contributed by atoms with Gasteiger partial charge in [0, 0.05) is 33.7 Å². The first kappa shape index (κ1) is 16.9. The molecule has 0 spiro atoms. The summed E-state index contributed by atoms with van der Waals surface area (Å²) in [6.07, 6.45) is 0. The maximum atomic E-state index is 13.4. The molecule has 1 unspecified atom stereocenters. The van der Waals surface area contributed by atoms with E-state index >= 15 is 0 Å². The minimum Gasteiger partial charge on any atom is -0.347 e. The van der Waals surface area contributed by atoms with Gasteiger partial charge in [0.15, 0.2) is 11.9 Å². The number of hydrogen-bond donors (Lipinski definition) is 0. The molecule has 1 amide bonds. The Kier molecular flexibility index (Phi) is 4.56. The van der Waals surface area contributed by atoms with Gasteiger partial charge in [-0.1, -0.05) is 17.7 Å². The maximum Gasteiger partial charge on any atom is 0.247 e. The zero-order chi connectivity index (χ0) is 17.4. The molecule has 3 rings (SSSR count). The van der Waals surface area contributed by atoms with Gasteiger partial charge in [0.05, 0.1) is 5.02 Å². The van der Waals surface area contributed by atoms with Crippen molar-refractivity contribution in [2.24, 2.45) is 0 Å². The second kappa shape index (κ2) is 6.49. The van der Waals surface area contributed by atoms with Crippen LogP contribution in [0.2, 0.25) is 5.02 Å². The molecular formula is C16H19ClFN5O. The Morgan fingerprint density at radius 2 is 2.12 bits per heavy atom. The Hall–Kier alpha value is -1.99. The van der Waals surface area contributed by atoms with Crippen LogP contribution < -0.4 is 0 Å². The number of aromatic nitrogens is 3. The zero-order valence-corrected chi connectivity index (χ0v) is 14.6. The number of hydrogen-bond acceptors (Lipinski definition) is 4. The van der Waals surface area contributed by atoms with Crippen molar-refractivity contribution in [2.75, 3.05) is 20.6 Å². The third-order valence-electron chi connectivity index (χ3n) is 4.23. The van der Waals surface area contributed by atoms with E-state index in [9.17, 15) is 9.18 Å². The Bertz CT molecular complexity index is 776. The fourth-order valence-corrected chi connectivity index (χ4v) is 3.15.